The van der Waals surface area contributed by atoms with Gasteiger partial charge >= 0.3 is 5.97 Å². The van der Waals surface area contributed by atoms with Crippen molar-refractivity contribution >= 4 is 45.9 Å². The van der Waals surface area contributed by atoms with E-state index < -0.39 is 24.3 Å². The zero-order valence-electron chi connectivity index (χ0n) is 12.1. The Labute approximate surface area is 145 Å². The number of carbonyl (C=O) groups is 2. The van der Waals surface area contributed by atoms with Crippen LogP contribution in [0.3, 0.4) is 0 Å². The average Bonchev–Trinajstić information content (AvgIpc) is 3.01. The zero-order chi connectivity index (χ0) is 17.5. The van der Waals surface area contributed by atoms with Crippen molar-refractivity contribution in [3.05, 3.63) is 57.7 Å². The molecule has 1 aromatic carbocycles. The highest BCUT2D eigenvalue weighted by atomic mass is 35.5. The molecule has 2 aromatic rings. The van der Waals surface area contributed by atoms with Crippen LogP contribution in [0.25, 0.3) is 6.08 Å². The Morgan fingerprint density at radius 3 is 2.92 bits per heavy atom. The van der Waals surface area contributed by atoms with Gasteiger partial charge in [0.2, 0.25) is 0 Å². The maximum absolute atomic E-state index is 13.0. The molecule has 2 rings (SSSR count). The fraction of sp³-hybridized carbons (Fsp3) is 0.0625. The number of nitrogens with one attached hydrogen (secondary N) is 1. The molecule has 1 amide bonds. The van der Waals surface area contributed by atoms with Gasteiger partial charge in [0.15, 0.2) is 6.61 Å². The third-order valence-corrected chi connectivity index (χ3v) is 3.86. The molecule has 0 saturated heterocycles. The summed E-state index contributed by atoms with van der Waals surface area (Å²) in [5.74, 6) is -1.85. The molecule has 0 radical (unpaired) electrons. The number of ether oxygens (including phenoxy) is 1. The smallest absolute Gasteiger partial charge is 0.331 e. The van der Waals surface area contributed by atoms with Crippen molar-refractivity contribution in [1.82, 2.24) is 0 Å². The van der Waals surface area contributed by atoms with E-state index in [9.17, 15) is 14.0 Å². The van der Waals surface area contributed by atoms with Crippen LogP contribution in [0.5, 0.6) is 0 Å². The van der Waals surface area contributed by atoms with Crippen molar-refractivity contribution in [2.75, 3.05) is 11.9 Å². The molecular weight excluding hydrogens is 355 g/mol. The molecule has 1 heterocycles. The molecule has 1 aromatic heterocycles. The largest absolute Gasteiger partial charge is 0.452 e. The highest BCUT2D eigenvalue weighted by molar-refractivity contribution is 7.14. The average molecular weight is 365 g/mol. The molecule has 122 valence electrons. The molecule has 5 nitrogen and oxygen atoms in total. The van der Waals surface area contributed by atoms with Crippen LogP contribution in [0.1, 0.15) is 11.1 Å². The van der Waals surface area contributed by atoms with Crippen LogP contribution in [-0.4, -0.2) is 18.5 Å². The number of anilines is 1. The number of carbonyl (C=O) groups excluding carboxylic acids is 2. The maximum Gasteiger partial charge on any atom is 0.331 e. The minimum atomic E-state index is -0.739. The van der Waals surface area contributed by atoms with Gasteiger partial charge in [-0.1, -0.05) is 17.7 Å². The first-order valence-corrected chi connectivity index (χ1v) is 7.82. The van der Waals surface area contributed by atoms with Crippen molar-refractivity contribution in [1.29, 1.82) is 5.26 Å². The SMILES string of the molecule is N#Cc1ccsc1NC(=O)COC(=O)/C=C/c1ccc(F)c(Cl)c1. The van der Waals surface area contributed by atoms with Gasteiger partial charge in [0, 0.05) is 6.08 Å². The molecule has 8 heteroatoms. The Balaban J connectivity index is 1.84. The predicted molar refractivity (Wildman–Crippen MR) is 89.1 cm³/mol. The van der Waals surface area contributed by atoms with Crippen LogP contribution in [0.4, 0.5) is 9.39 Å². The van der Waals surface area contributed by atoms with Gasteiger partial charge in [0.05, 0.1) is 10.6 Å². The molecule has 0 aliphatic carbocycles. The number of nitrogens with zero attached hydrogens (tertiary/aromatic N) is 1. The normalized spacial score (nSPS) is 10.4. The maximum atomic E-state index is 13.0. The van der Waals surface area contributed by atoms with E-state index in [1.165, 1.54) is 35.6 Å². The summed E-state index contributed by atoms with van der Waals surface area (Å²) in [6.45, 7) is -0.490. The number of hydrogen-bond acceptors (Lipinski definition) is 5. The molecule has 0 aliphatic rings. The Bertz CT molecular complexity index is 842. The van der Waals surface area contributed by atoms with Crippen LogP contribution in [-0.2, 0) is 14.3 Å². The minimum Gasteiger partial charge on any atom is -0.452 e. The molecule has 0 fully saturated rings. The lowest BCUT2D eigenvalue weighted by Crippen LogP contribution is -2.19. The Hall–Kier alpha value is -2.69. The topological polar surface area (TPSA) is 79.2 Å². The Kier molecular flexibility index (Phi) is 6.07. The van der Waals surface area contributed by atoms with Gasteiger partial charge in [-0.05, 0) is 35.2 Å². The standard InChI is InChI=1S/C16H10ClFN2O3S/c17-12-7-10(1-3-13(12)18)2-4-15(22)23-9-14(21)20-16-11(8-19)5-6-24-16/h1-7H,9H2,(H,20,21)/b4-2+. The molecule has 24 heavy (non-hydrogen) atoms. The molecule has 0 aliphatic heterocycles. The molecule has 0 saturated carbocycles. The highest BCUT2D eigenvalue weighted by Gasteiger charge is 2.10. The number of hydrogen-bond donors (Lipinski definition) is 1. The first-order valence-electron chi connectivity index (χ1n) is 6.57. The number of rotatable bonds is 5. The van der Waals surface area contributed by atoms with Crippen molar-refractivity contribution in [2.45, 2.75) is 0 Å². The molecule has 0 spiro atoms. The summed E-state index contributed by atoms with van der Waals surface area (Å²) in [6, 6.07) is 7.48. The Morgan fingerprint density at radius 1 is 1.42 bits per heavy atom. The third kappa shape index (κ3) is 4.91. The van der Waals surface area contributed by atoms with Crippen LogP contribution >= 0.6 is 22.9 Å². The first-order chi connectivity index (χ1) is 11.5. The summed E-state index contributed by atoms with van der Waals surface area (Å²) >= 11 is 6.82. The van der Waals surface area contributed by atoms with Crippen molar-refractivity contribution in [3.8, 4) is 6.07 Å². The summed E-state index contributed by atoms with van der Waals surface area (Å²) in [5.41, 5.74) is 0.854. The van der Waals surface area contributed by atoms with Crippen molar-refractivity contribution in [2.24, 2.45) is 0 Å². The number of thiophene rings is 1. The second-order valence-corrected chi connectivity index (χ2v) is 5.76. The number of esters is 1. The van der Waals surface area contributed by atoms with Gasteiger partial charge in [-0.3, -0.25) is 4.79 Å². The second-order valence-electron chi connectivity index (χ2n) is 4.44. The lowest BCUT2D eigenvalue weighted by molar-refractivity contribution is -0.142. The van der Waals surface area contributed by atoms with Gasteiger partial charge in [0.25, 0.3) is 5.91 Å². The van der Waals surface area contributed by atoms with E-state index in [2.05, 4.69) is 5.32 Å². The van der Waals surface area contributed by atoms with Gasteiger partial charge in [0.1, 0.15) is 16.9 Å². The van der Waals surface area contributed by atoms with Gasteiger partial charge in [-0.25, -0.2) is 9.18 Å². The second kappa shape index (κ2) is 8.24. The van der Waals surface area contributed by atoms with E-state index in [-0.39, 0.29) is 5.02 Å². The summed E-state index contributed by atoms with van der Waals surface area (Å²) in [6.07, 6.45) is 2.49. The monoisotopic (exact) mass is 364 g/mol. The molecule has 0 unspecified atom stereocenters. The van der Waals surface area contributed by atoms with E-state index in [0.29, 0.717) is 16.1 Å². The van der Waals surface area contributed by atoms with Crippen LogP contribution in [0.15, 0.2) is 35.7 Å². The van der Waals surface area contributed by atoms with Gasteiger partial charge in [-0.15, -0.1) is 11.3 Å². The zero-order valence-corrected chi connectivity index (χ0v) is 13.7. The quantitative estimate of drug-likeness (QED) is 0.649. The minimum absolute atomic E-state index is 0.0610. The van der Waals surface area contributed by atoms with E-state index in [4.69, 9.17) is 21.6 Å². The summed E-state index contributed by atoms with van der Waals surface area (Å²) in [5, 5.41) is 13.3. The lowest BCUT2D eigenvalue weighted by Gasteiger charge is -2.03. The number of benzene rings is 1. The number of nitriles is 1. The van der Waals surface area contributed by atoms with E-state index in [0.717, 1.165) is 6.08 Å². The highest BCUT2D eigenvalue weighted by Crippen LogP contribution is 2.21. The van der Waals surface area contributed by atoms with Crippen LogP contribution in [0, 0.1) is 17.1 Å². The van der Waals surface area contributed by atoms with Gasteiger partial charge < -0.3 is 10.1 Å². The number of amides is 1. The van der Waals surface area contributed by atoms with E-state index in [1.807, 2.05) is 6.07 Å². The van der Waals surface area contributed by atoms with E-state index in [1.54, 1.807) is 11.4 Å². The molecule has 1 N–H and O–H groups in total. The number of halogens is 2. The fourth-order valence-electron chi connectivity index (χ4n) is 1.62. The Morgan fingerprint density at radius 2 is 2.21 bits per heavy atom. The van der Waals surface area contributed by atoms with Crippen LogP contribution in [0.2, 0.25) is 5.02 Å². The summed E-state index contributed by atoms with van der Waals surface area (Å²) in [7, 11) is 0. The lowest BCUT2D eigenvalue weighted by atomic mass is 10.2. The fourth-order valence-corrected chi connectivity index (χ4v) is 2.56. The van der Waals surface area contributed by atoms with Crippen molar-refractivity contribution < 1.29 is 18.7 Å². The van der Waals surface area contributed by atoms with E-state index >= 15 is 0 Å². The first kappa shape index (κ1) is 17.7. The van der Waals surface area contributed by atoms with Crippen molar-refractivity contribution in [3.63, 3.8) is 0 Å². The summed E-state index contributed by atoms with van der Waals surface area (Å²) in [4.78, 5) is 23.2. The predicted octanol–water partition coefficient (Wildman–Crippen LogP) is 3.61. The third-order valence-electron chi connectivity index (χ3n) is 2.74. The molecular formula is C16H10ClFN2O3S. The summed E-state index contributed by atoms with van der Waals surface area (Å²) < 4.78 is 17.8. The molecule has 0 bridgehead atoms. The van der Waals surface area contributed by atoms with Gasteiger partial charge in [-0.2, -0.15) is 5.26 Å². The molecule has 0 atom stereocenters. The van der Waals surface area contributed by atoms with Crippen LogP contribution < -0.4 is 5.32 Å².